The Morgan fingerprint density at radius 3 is 2.30 bits per heavy atom. The van der Waals surface area contributed by atoms with Crippen LogP contribution in [0, 0.1) is 12.7 Å². The van der Waals surface area contributed by atoms with Gasteiger partial charge in [-0.1, -0.05) is 11.6 Å². The Kier molecular flexibility index (Phi) is 5.65. The van der Waals surface area contributed by atoms with Crippen molar-refractivity contribution in [1.82, 2.24) is 4.57 Å². The molecule has 0 aliphatic rings. The van der Waals surface area contributed by atoms with Crippen LogP contribution in [0.15, 0.2) is 36.4 Å². The number of aromatic hydroxyl groups is 1. The van der Waals surface area contributed by atoms with Gasteiger partial charge in [0.15, 0.2) is 11.6 Å². The van der Waals surface area contributed by atoms with Gasteiger partial charge in [0.25, 0.3) is 5.91 Å². The van der Waals surface area contributed by atoms with E-state index < -0.39 is 35.0 Å². The third kappa shape index (κ3) is 3.92. The molecule has 3 aromatic rings. The van der Waals surface area contributed by atoms with Crippen molar-refractivity contribution in [1.29, 1.82) is 0 Å². The zero-order valence-corrected chi connectivity index (χ0v) is 18.2. The molecule has 7 heteroatoms. The molecule has 0 amide bonds. The summed E-state index contributed by atoms with van der Waals surface area (Å²) in [5.41, 5.74) is 0.581. The van der Waals surface area contributed by atoms with Gasteiger partial charge in [0.1, 0.15) is 5.60 Å². The van der Waals surface area contributed by atoms with E-state index in [9.17, 15) is 19.1 Å². The number of aromatic nitrogens is 1. The van der Waals surface area contributed by atoms with Gasteiger partial charge in [0.2, 0.25) is 0 Å². The van der Waals surface area contributed by atoms with Crippen molar-refractivity contribution in [2.45, 2.75) is 46.1 Å². The van der Waals surface area contributed by atoms with E-state index in [1.807, 2.05) is 0 Å². The molecule has 1 unspecified atom stereocenters. The number of halogens is 2. The molecule has 0 aliphatic carbocycles. The van der Waals surface area contributed by atoms with Gasteiger partial charge in [0, 0.05) is 21.7 Å². The Hall–Kier alpha value is -2.86. The van der Waals surface area contributed by atoms with Crippen LogP contribution in [0.2, 0.25) is 5.02 Å². The van der Waals surface area contributed by atoms with E-state index in [-0.39, 0.29) is 10.9 Å². The van der Waals surface area contributed by atoms with Crippen molar-refractivity contribution in [2.75, 3.05) is 0 Å². The quantitative estimate of drug-likeness (QED) is 0.549. The number of phenols is 1. The molecule has 0 saturated heterocycles. The monoisotopic (exact) mass is 431 g/mol. The molecule has 30 heavy (non-hydrogen) atoms. The summed E-state index contributed by atoms with van der Waals surface area (Å²) in [6.07, 6.45) is 0. The lowest BCUT2D eigenvalue weighted by atomic mass is 9.97. The summed E-state index contributed by atoms with van der Waals surface area (Å²) < 4.78 is 21.8. The molecule has 0 bridgehead atoms. The highest BCUT2D eigenvalue weighted by atomic mass is 35.5. The Labute approximate surface area is 179 Å². The number of fused-ring (bicyclic) bond motifs is 1. The van der Waals surface area contributed by atoms with Gasteiger partial charge in [-0.15, -0.1) is 0 Å². The average Bonchev–Trinajstić information content (AvgIpc) is 2.95. The minimum Gasteiger partial charge on any atom is -0.505 e. The highest BCUT2D eigenvalue weighted by Gasteiger charge is 2.31. The van der Waals surface area contributed by atoms with Gasteiger partial charge in [-0.2, -0.15) is 0 Å². The van der Waals surface area contributed by atoms with Crippen molar-refractivity contribution >= 4 is 34.4 Å². The molecule has 1 atom stereocenters. The first kappa shape index (κ1) is 21.8. The number of carbonyl (C=O) groups is 2. The first-order valence-corrected chi connectivity index (χ1v) is 9.85. The van der Waals surface area contributed by atoms with E-state index in [0.29, 0.717) is 21.8 Å². The van der Waals surface area contributed by atoms with Gasteiger partial charge in [-0.05, 0) is 76.6 Å². The van der Waals surface area contributed by atoms with Gasteiger partial charge in [-0.25, -0.2) is 4.39 Å². The molecule has 0 aliphatic heterocycles. The fourth-order valence-corrected chi connectivity index (χ4v) is 3.63. The molecule has 1 heterocycles. The fourth-order valence-electron chi connectivity index (χ4n) is 3.50. The minimum absolute atomic E-state index is 0.0215. The number of nitrogens with zero attached hydrogens (tertiary/aromatic N) is 1. The maximum atomic E-state index is 15.0. The fraction of sp³-hybridized carbons (Fsp3) is 0.304. The summed E-state index contributed by atoms with van der Waals surface area (Å²) in [5.74, 6) is -3.25. The van der Waals surface area contributed by atoms with Crippen LogP contribution >= 0.6 is 11.6 Å². The number of rotatable bonds is 3. The number of benzene rings is 2. The van der Waals surface area contributed by atoms with Gasteiger partial charge in [-0.3, -0.25) is 14.2 Å². The first-order valence-electron chi connectivity index (χ1n) is 9.48. The molecule has 3 rings (SSSR count). The number of esters is 1. The molecular formula is C23H23ClFNO4. The largest absolute Gasteiger partial charge is 0.505 e. The summed E-state index contributed by atoms with van der Waals surface area (Å²) in [5, 5.41) is 10.4. The maximum absolute atomic E-state index is 15.0. The molecule has 0 fully saturated rings. The van der Waals surface area contributed by atoms with Gasteiger partial charge in [0.05, 0.1) is 11.4 Å². The Bertz CT molecular complexity index is 1140. The van der Waals surface area contributed by atoms with Crippen molar-refractivity contribution in [3.8, 4) is 5.75 Å². The van der Waals surface area contributed by atoms with E-state index in [2.05, 4.69) is 0 Å². The molecule has 0 saturated carbocycles. The summed E-state index contributed by atoms with van der Waals surface area (Å²) in [6.45, 7) is 8.45. The van der Waals surface area contributed by atoms with Crippen LogP contribution in [0.3, 0.4) is 0 Å². The molecule has 0 radical (unpaired) electrons. The van der Waals surface area contributed by atoms with Crippen LogP contribution in [-0.2, 0) is 9.53 Å². The number of hydrogen-bond donors (Lipinski definition) is 1. The highest BCUT2D eigenvalue weighted by Crippen LogP contribution is 2.38. The van der Waals surface area contributed by atoms with Crippen LogP contribution in [-0.4, -0.2) is 27.2 Å². The molecule has 5 nitrogen and oxygen atoms in total. The van der Waals surface area contributed by atoms with Crippen LogP contribution in [0.4, 0.5) is 4.39 Å². The highest BCUT2D eigenvalue weighted by molar-refractivity contribution is 6.30. The van der Waals surface area contributed by atoms with Crippen molar-refractivity contribution < 1.29 is 23.8 Å². The Morgan fingerprint density at radius 1 is 1.13 bits per heavy atom. The third-order valence-electron chi connectivity index (χ3n) is 4.82. The van der Waals surface area contributed by atoms with Crippen LogP contribution in [0.1, 0.15) is 55.2 Å². The smallest absolute Gasteiger partial charge is 0.313 e. The summed E-state index contributed by atoms with van der Waals surface area (Å²) in [7, 11) is 0. The number of hydrogen-bond acceptors (Lipinski definition) is 4. The van der Waals surface area contributed by atoms with E-state index in [1.54, 1.807) is 58.9 Å². The predicted octanol–water partition coefficient (Wildman–Crippen LogP) is 5.58. The summed E-state index contributed by atoms with van der Waals surface area (Å²) in [4.78, 5) is 26.0. The van der Waals surface area contributed by atoms with E-state index in [0.717, 1.165) is 0 Å². The zero-order valence-electron chi connectivity index (χ0n) is 17.4. The third-order valence-corrected chi connectivity index (χ3v) is 5.07. The summed E-state index contributed by atoms with van der Waals surface area (Å²) >= 11 is 5.91. The zero-order chi connectivity index (χ0) is 22.4. The van der Waals surface area contributed by atoms with Gasteiger partial charge < -0.3 is 9.84 Å². The minimum atomic E-state index is -0.885. The summed E-state index contributed by atoms with van der Waals surface area (Å²) in [6, 6.07) is 8.97. The van der Waals surface area contributed by atoms with Crippen LogP contribution in [0.25, 0.3) is 10.9 Å². The van der Waals surface area contributed by atoms with E-state index in [4.69, 9.17) is 16.3 Å². The molecule has 158 valence electrons. The second-order valence-electron chi connectivity index (χ2n) is 8.19. The molecule has 2 aromatic carbocycles. The standard InChI is InChI=1S/C23H23ClFNO4/c1-12(22(29)30-23(3,4)5)18-13(2)26(16-10-11-17(27)20(25)19(16)18)21(28)14-6-8-15(24)9-7-14/h6-12,27H,1-5H3. The van der Waals surface area contributed by atoms with Crippen molar-refractivity contribution in [3.05, 3.63) is 64.1 Å². The van der Waals surface area contributed by atoms with Gasteiger partial charge >= 0.3 is 5.97 Å². The molecule has 0 spiro atoms. The maximum Gasteiger partial charge on any atom is 0.313 e. The predicted molar refractivity (Wildman–Crippen MR) is 114 cm³/mol. The Morgan fingerprint density at radius 2 is 1.73 bits per heavy atom. The Balaban J connectivity index is 2.24. The molecular weight excluding hydrogens is 409 g/mol. The normalized spacial score (nSPS) is 12.8. The molecule has 1 aromatic heterocycles. The second-order valence-corrected chi connectivity index (χ2v) is 8.63. The lowest BCUT2D eigenvalue weighted by molar-refractivity contribution is -0.156. The van der Waals surface area contributed by atoms with Crippen LogP contribution in [0.5, 0.6) is 5.75 Å². The first-order chi connectivity index (χ1) is 13.9. The lowest BCUT2D eigenvalue weighted by Crippen LogP contribution is -2.27. The second kappa shape index (κ2) is 7.76. The van der Waals surface area contributed by atoms with Crippen molar-refractivity contribution in [2.24, 2.45) is 0 Å². The van der Waals surface area contributed by atoms with Crippen LogP contribution < -0.4 is 0 Å². The lowest BCUT2D eigenvalue weighted by Gasteiger charge is -2.22. The number of ether oxygens (including phenoxy) is 1. The number of carbonyl (C=O) groups excluding carboxylic acids is 2. The SMILES string of the molecule is Cc1c(C(C)C(=O)OC(C)(C)C)c2c(F)c(O)ccc2n1C(=O)c1ccc(Cl)cc1. The van der Waals surface area contributed by atoms with Crippen molar-refractivity contribution in [3.63, 3.8) is 0 Å². The van der Waals surface area contributed by atoms with E-state index in [1.165, 1.54) is 16.7 Å². The molecule has 1 N–H and O–H groups in total. The number of phenolic OH excluding ortho intramolecular Hbond substituents is 1. The topological polar surface area (TPSA) is 68.5 Å². The van der Waals surface area contributed by atoms with E-state index >= 15 is 0 Å². The average molecular weight is 432 g/mol.